The van der Waals surface area contributed by atoms with Gasteiger partial charge < -0.3 is 19.7 Å². The highest BCUT2D eigenvalue weighted by molar-refractivity contribution is 7.89. The number of sulfonamides is 1. The second-order valence-corrected chi connectivity index (χ2v) is 9.79. The summed E-state index contributed by atoms with van der Waals surface area (Å²) in [5, 5.41) is 2.80. The van der Waals surface area contributed by atoms with Gasteiger partial charge in [0, 0.05) is 37.4 Å². The second kappa shape index (κ2) is 10.0. The number of para-hydroxylation sites is 1. The van der Waals surface area contributed by atoms with Gasteiger partial charge >= 0.3 is 0 Å². The summed E-state index contributed by atoms with van der Waals surface area (Å²) >= 11 is 0. The van der Waals surface area contributed by atoms with Crippen molar-refractivity contribution in [3.63, 3.8) is 0 Å². The van der Waals surface area contributed by atoms with Gasteiger partial charge in [-0.3, -0.25) is 9.59 Å². The molecule has 1 N–H and O–H groups in total. The van der Waals surface area contributed by atoms with E-state index in [2.05, 4.69) is 5.32 Å². The molecule has 176 valence electrons. The molecule has 33 heavy (non-hydrogen) atoms. The number of nitrogens with zero attached hydrogens (tertiary/aromatic N) is 2. The molecule has 0 aromatic heterocycles. The number of ketones is 1. The Morgan fingerprint density at radius 3 is 2.18 bits per heavy atom. The summed E-state index contributed by atoms with van der Waals surface area (Å²) in [5.41, 5.74) is 1.61. The van der Waals surface area contributed by atoms with Crippen LogP contribution in [-0.4, -0.2) is 77.0 Å². The number of hydrogen-bond acceptors (Lipinski definition) is 7. The van der Waals surface area contributed by atoms with E-state index in [4.69, 9.17) is 9.47 Å². The van der Waals surface area contributed by atoms with Gasteiger partial charge in [-0.15, -0.1) is 0 Å². The molecule has 2 aromatic carbocycles. The zero-order chi connectivity index (χ0) is 23.4. The van der Waals surface area contributed by atoms with Gasteiger partial charge in [-0.05, 0) is 37.3 Å². The summed E-state index contributed by atoms with van der Waals surface area (Å²) in [6.45, 7) is 4.83. The third-order valence-corrected chi connectivity index (χ3v) is 7.62. The minimum atomic E-state index is -3.78. The second-order valence-electron chi connectivity index (χ2n) is 7.85. The first kappa shape index (κ1) is 23.4. The molecule has 0 spiro atoms. The Morgan fingerprint density at radius 1 is 0.879 bits per heavy atom. The van der Waals surface area contributed by atoms with Gasteiger partial charge in [0.15, 0.2) is 5.78 Å². The maximum atomic E-state index is 13.4. The molecule has 10 heteroatoms. The number of hydrogen-bond donors (Lipinski definition) is 1. The van der Waals surface area contributed by atoms with E-state index in [1.807, 2.05) is 4.90 Å². The van der Waals surface area contributed by atoms with E-state index < -0.39 is 15.9 Å². The van der Waals surface area contributed by atoms with Crippen molar-refractivity contribution < 1.29 is 27.5 Å². The lowest BCUT2D eigenvalue weighted by molar-refractivity contribution is 0.0730. The van der Waals surface area contributed by atoms with Gasteiger partial charge in [0.1, 0.15) is 0 Å². The number of Topliss-reactive ketones (excluding diaryl/α,β-unsaturated/α-hetero) is 1. The van der Waals surface area contributed by atoms with E-state index in [0.717, 1.165) is 0 Å². The first-order valence-electron chi connectivity index (χ1n) is 10.8. The fraction of sp³-hybridized carbons (Fsp3) is 0.391. The molecule has 0 radical (unpaired) electrons. The molecule has 2 saturated heterocycles. The number of benzene rings is 2. The van der Waals surface area contributed by atoms with Gasteiger partial charge in [0.05, 0.1) is 42.6 Å². The Labute approximate surface area is 193 Å². The normalized spacial score (nSPS) is 17.5. The molecule has 2 aromatic rings. The lowest BCUT2D eigenvalue weighted by Crippen LogP contribution is -2.41. The zero-order valence-corrected chi connectivity index (χ0v) is 19.3. The summed E-state index contributed by atoms with van der Waals surface area (Å²) in [6.07, 6.45) is 0. The van der Waals surface area contributed by atoms with E-state index in [1.54, 1.807) is 30.3 Å². The van der Waals surface area contributed by atoms with E-state index in [-0.39, 0.29) is 29.3 Å². The third kappa shape index (κ3) is 5.09. The molecule has 2 heterocycles. The Hall–Kier alpha value is -2.79. The quantitative estimate of drug-likeness (QED) is 0.640. The van der Waals surface area contributed by atoms with Crippen LogP contribution in [0, 0.1) is 0 Å². The number of rotatable bonds is 6. The first-order valence-corrected chi connectivity index (χ1v) is 12.3. The van der Waals surface area contributed by atoms with Crippen LogP contribution in [0.2, 0.25) is 0 Å². The maximum Gasteiger partial charge on any atom is 0.257 e. The van der Waals surface area contributed by atoms with Crippen molar-refractivity contribution in [2.24, 2.45) is 0 Å². The Morgan fingerprint density at radius 2 is 1.52 bits per heavy atom. The van der Waals surface area contributed by atoms with Crippen molar-refractivity contribution in [1.82, 2.24) is 4.31 Å². The summed E-state index contributed by atoms with van der Waals surface area (Å²) in [4.78, 5) is 27.4. The smallest absolute Gasteiger partial charge is 0.257 e. The van der Waals surface area contributed by atoms with Crippen LogP contribution in [0.25, 0.3) is 0 Å². The minimum Gasteiger partial charge on any atom is -0.379 e. The topological polar surface area (TPSA) is 105 Å². The predicted molar refractivity (Wildman–Crippen MR) is 123 cm³/mol. The van der Waals surface area contributed by atoms with Crippen LogP contribution in [0.3, 0.4) is 0 Å². The van der Waals surface area contributed by atoms with E-state index in [9.17, 15) is 18.0 Å². The van der Waals surface area contributed by atoms with Gasteiger partial charge in [0.2, 0.25) is 10.0 Å². The molecule has 2 aliphatic heterocycles. The van der Waals surface area contributed by atoms with Crippen LogP contribution >= 0.6 is 0 Å². The highest BCUT2D eigenvalue weighted by atomic mass is 32.2. The highest BCUT2D eigenvalue weighted by Gasteiger charge is 2.29. The number of carbonyl (C=O) groups excluding carboxylic acids is 2. The average Bonchev–Trinajstić information content (AvgIpc) is 2.85. The Balaban J connectivity index is 1.72. The molecular formula is C23H27N3O6S. The molecule has 4 rings (SSSR count). The summed E-state index contributed by atoms with van der Waals surface area (Å²) in [7, 11) is -3.78. The van der Waals surface area contributed by atoms with Crippen molar-refractivity contribution >= 4 is 33.1 Å². The van der Waals surface area contributed by atoms with Crippen molar-refractivity contribution in [3.8, 4) is 0 Å². The number of carbonyl (C=O) groups is 2. The standard InChI is InChI=1S/C23H27N3O6S/c1-17(27)19-4-2-3-5-21(19)24-23(28)20-16-18(33(29,30)26-10-14-32-15-11-26)6-7-22(20)25-8-12-31-13-9-25/h2-7,16H,8-15H2,1H3,(H,24,28). The molecule has 2 fully saturated rings. The van der Waals surface area contributed by atoms with Crippen molar-refractivity contribution in [1.29, 1.82) is 0 Å². The van der Waals surface area contributed by atoms with Crippen LogP contribution in [0.1, 0.15) is 27.6 Å². The zero-order valence-electron chi connectivity index (χ0n) is 18.5. The van der Waals surface area contributed by atoms with Crippen molar-refractivity contribution in [3.05, 3.63) is 53.6 Å². The molecule has 0 saturated carbocycles. The number of ether oxygens (including phenoxy) is 2. The number of nitrogens with one attached hydrogen (secondary N) is 1. The molecule has 0 atom stereocenters. The molecule has 0 bridgehead atoms. The van der Waals surface area contributed by atoms with Crippen LogP contribution in [0.15, 0.2) is 47.4 Å². The number of amides is 1. The van der Waals surface area contributed by atoms with E-state index in [1.165, 1.54) is 23.4 Å². The molecular weight excluding hydrogens is 446 g/mol. The van der Waals surface area contributed by atoms with Gasteiger partial charge in [-0.1, -0.05) is 12.1 Å². The molecule has 9 nitrogen and oxygen atoms in total. The van der Waals surface area contributed by atoms with Gasteiger partial charge in [-0.25, -0.2) is 8.42 Å². The van der Waals surface area contributed by atoms with E-state index >= 15 is 0 Å². The lowest BCUT2D eigenvalue weighted by atomic mass is 10.1. The first-order chi connectivity index (χ1) is 15.9. The summed E-state index contributed by atoms with van der Waals surface area (Å²) in [6, 6.07) is 11.4. The lowest BCUT2D eigenvalue weighted by Gasteiger charge is -2.31. The van der Waals surface area contributed by atoms with Crippen LogP contribution in [0.4, 0.5) is 11.4 Å². The van der Waals surface area contributed by atoms with Crippen LogP contribution in [0.5, 0.6) is 0 Å². The number of morpholine rings is 2. The summed E-state index contributed by atoms with van der Waals surface area (Å²) in [5.74, 6) is -0.660. The highest BCUT2D eigenvalue weighted by Crippen LogP contribution is 2.28. The molecule has 2 aliphatic rings. The van der Waals surface area contributed by atoms with E-state index in [0.29, 0.717) is 56.5 Å². The van der Waals surface area contributed by atoms with Crippen LogP contribution in [-0.2, 0) is 19.5 Å². The molecule has 1 amide bonds. The third-order valence-electron chi connectivity index (χ3n) is 5.73. The van der Waals surface area contributed by atoms with Crippen molar-refractivity contribution in [2.75, 3.05) is 62.8 Å². The van der Waals surface area contributed by atoms with Gasteiger partial charge in [0.25, 0.3) is 5.91 Å². The fourth-order valence-corrected chi connectivity index (χ4v) is 5.40. The van der Waals surface area contributed by atoms with Crippen LogP contribution < -0.4 is 10.2 Å². The fourth-order valence-electron chi connectivity index (χ4n) is 3.96. The monoisotopic (exact) mass is 473 g/mol. The molecule has 0 unspecified atom stereocenters. The SMILES string of the molecule is CC(=O)c1ccccc1NC(=O)c1cc(S(=O)(=O)N2CCOCC2)ccc1N1CCOCC1. The maximum absolute atomic E-state index is 13.4. The summed E-state index contributed by atoms with van der Waals surface area (Å²) < 4.78 is 38.5. The average molecular weight is 474 g/mol. The minimum absolute atomic E-state index is 0.0476. The van der Waals surface area contributed by atoms with Gasteiger partial charge in [-0.2, -0.15) is 4.31 Å². The largest absolute Gasteiger partial charge is 0.379 e. The van der Waals surface area contributed by atoms with Crippen molar-refractivity contribution in [2.45, 2.75) is 11.8 Å². The Bertz CT molecular complexity index is 1140. The predicted octanol–water partition coefficient (Wildman–Crippen LogP) is 2.00. The molecule has 0 aliphatic carbocycles. The number of anilines is 2. The Kier molecular flexibility index (Phi) is 7.08.